The normalized spacial score (nSPS) is 8.33. The molecule has 12 heavy (non-hydrogen) atoms. The minimum Gasteiger partial charge on any atom is -0.577 e. The zero-order chi connectivity index (χ0) is 9.54. The van der Waals surface area contributed by atoms with Gasteiger partial charge >= 0.3 is 21.1 Å². The van der Waals surface area contributed by atoms with Crippen molar-refractivity contribution in [3.05, 3.63) is 34.8 Å². The molecule has 1 aliphatic rings. The second-order valence-electron chi connectivity index (χ2n) is 1.00. The Kier molecular flexibility index (Phi) is 93.0. The van der Waals surface area contributed by atoms with Gasteiger partial charge in [-0.3, -0.25) is 6.08 Å². The van der Waals surface area contributed by atoms with Crippen LogP contribution in [-0.4, -0.2) is 13.6 Å². The standard InChI is InChI=1S/C5H5.2CH2O.NO.W/c1-2-4-5-3-1;3*1-2;/h1-3H,4H2;2*1H2;;/q-1;;;-1;+2. The van der Waals surface area contributed by atoms with Crippen molar-refractivity contribution in [2.45, 2.75) is 6.42 Å². The van der Waals surface area contributed by atoms with E-state index in [-0.39, 0.29) is 21.1 Å². The Labute approximate surface area is 85.8 Å². The van der Waals surface area contributed by atoms with Crippen LogP contribution in [0.15, 0.2) is 18.2 Å². The Hall–Kier alpha value is -0.892. The maximum absolute atomic E-state index is 8.00. The minimum absolute atomic E-state index is 0. The van der Waals surface area contributed by atoms with Crippen molar-refractivity contribution in [3.8, 4) is 0 Å². The Morgan fingerprint density at radius 2 is 1.58 bits per heavy atom. The van der Waals surface area contributed by atoms with Crippen molar-refractivity contribution in [1.82, 2.24) is 0 Å². The Bertz CT molecular complexity index is 102. The molecule has 0 N–H and O–H groups in total. The summed E-state index contributed by atoms with van der Waals surface area (Å²) in [7, 11) is 0. The molecule has 0 spiro atoms. The summed E-state index contributed by atoms with van der Waals surface area (Å²) >= 11 is 0. The van der Waals surface area contributed by atoms with Gasteiger partial charge in [-0.25, -0.2) is 12.2 Å². The third-order valence-electron chi connectivity index (χ3n) is 0.586. The van der Waals surface area contributed by atoms with Crippen LogP contribution in [0.25, 0.3) is 5.59 Å². The number of hydrogen-bond donors (Lipinski definition) is 0. The first kappa shape index (κ1) is 22.5. The Morgan fingerprint density at radius 1 is 1.17 bits per heavy atom. The van der Waals surface area contributed by atoms with Crippen LogP contribution in [0.2, 0.25) is 0 Å². The van der Waals surface area contributed by atoms with Crippen molar-refractivity contribution in [1.29, 1.82) is 0 Å². The largest absolute Gasteiger partial charge is 2.00 e. The van der Waals surface area contributed by atoms with Gasteiger partial charge in [0.1, 0.15) is 13.6 Å². The van der Waals surface area contributed by atoms with E-state index in [2.05, 4.69) is 12.2 Å². The number of hydrogen-bond acceptors (Lipinski definition) is 3. The van der Waals surface area contributed by atoms with E-state index in [1.54, 1.807) is 0 Å². The Morgan fingerprint density at radius 3 is 1.67 bits per heavy atom. The van der Waals surface area contributed by atoms with Gasteiger partial charge in [0.05, 0.1) is 0 Å². The Balaban J connectivity index is -0.0000000406. The quantitative estimate of drug-likeness (QED) is 0.624. The van der Waals surface area contributed by atoms with Crippen LogP contribution in [0.3, 0.4) is 0 Å². The summed E-state index contributed by atoms with van der Waals surface area (Å²) in [6.07, 6.45) is 10.0. The average molecular weight is 339 g/mol. The molecule has 0 heterocycles. The maximum atomic E-state index is 8.00. The zero-order valence-electron chi connectivity index (χ0n) is 6.43. The maximum Gasteiger partial charge on any atom is 2.00 e. The van der Waals surface area contributed by atoms with Gasteiger partial charge in [0, 0.05) is 0 Å². The molecule has 0 atom stereocenters. The van der Waals surface area contributed by atoms with Crippen LogP contribution < -0.4 is 0 Å². The van der Waals surface area contributed by atoms with E-state index in [4.69, 9.17) is 20.1 Å². The van der Waals surface area contributed by atoms with E-state index in [0.717, 1.165) is 6.42 Å². The van der Waals surface area contributed by atoms with E-state index < -0.39 is 0 Å². The molecule has 5 heteroatoms. The third kappa shape index (κ3) is 35.5. The first-order valence-electron chi connectivity index (χ1n) is 2.48. The summed E-state index contributed by atoms with van der Waals surface area (Å²) in [6.45, 7) is 4.00. The molecule has 1 aliphatic carbocycles. The van der Waals surface area contributed by atoms with Gasteiger partial charge in [-0.2, -0.15) is 6.08 Å². The van der Waals surface area contributed by atoms with Crippen LogP contribution in [0.1, 0.15) is 6.42 Å². The second-order valence-corrected chi connectivity index (χ2v) is 1.00. The number of nitroso groups, excluding NO2 is 1. The molecule has 0 bridgehead atoms. The molecule has 66 valence electrons. The van der Waals surface area contributed by atoms with Crippen LogP contribution >= 0.6 is 0 Å². The van der Waals surface area contributed by atoms with Gasteiger partial charge in [-0.1, -0.05) is 0 Å². The summed E-state index contributed by atoms with van der Waals surface area (Å²) in [6, 6.07) is 0. The van der Waals surface area contributed by atoms with Gasteiger partial charge in [0.25, 0.3) is 0 Å². The van der Waals surface area contributed by atoms with Gasteiger partial charge in [-0.05, 0) is 0 Å². The van der Waals surface area contributed by atoms with Gasteiger partial charge in [-0.15, -0.1) is 6.42 Å². The first-order valence-corrected chi connectivity index (χ1v) is 2.48. The smallest absolute Gasteiger partial charge is 0.577 e. The average Bonchev–Trinajstić information content (AvgIpc) is 2.71. The van der Waals surface area contributed by atoms with Crippen LogP contribution in [-0.2, 0) is 30.7 Å². The van der Waals surface area contributed by atoms with E-state index in [1.165, 1.54) is 0 Å². The van der Waals surface area contributed by atoms with Gasteiger partial charge in [0.2, 0.25) is 0 Å². The number of carbonyl (C=O) groups is 2. The monoisotopic (exact) mass is 339 g/mol. The zero-order valence-corrected chi connectivity index (χ0v) is 9.37. The molecule has 0 aromatic carbocycles. The van der Waals surface area contributed by atoms with Crippen LogP contribution in [0, 0.1) is 11.0 Å². The number of rotatable bonds is 0. The van der Waals surface area contributed by atoms with E-state index in [0.29, 0.717) is 0 Å². The molecule has 0 amide bonds. The molecule has 0 aromatic heterocycles. The number of nitrogens with zero attached hydrogens (tertiary/aromatic N) is 1. The number of carbonyl (C=O) groups excluding carboxylic acids is 2. The fraction of sp³-hybridized carbons (Fsp3) is 0.143. The van der Waals surface area contributed by atoms with E-state index >= 15 is 0 Å². The summed E-state index contributed by atoms with van der Waals surface area (Å²) in [5.74, 6) is 0. The molecule has 0 aromatic rings. The molecule has 0 unspecified atom stereocenters. The molecule has 0 radical (unpaired) electrons. The van der Waals surface area contributed by atoms with Crippen molar-refractivity contribution in [3.63, 3.8) is 0 Å². The third-order valence-corrected chi connectivity index (χ3v) is 0.586. The molecular formula is C7H9NO3W. The molecule has 0 saturated heterocycles. The summed E-state index contributed by atoms with van der Waals surface area (Å²) < 4.78 is 0. The summed E-state index contributed by atoms with van der Waals surface area (Å²) in [5.41, 5.74) is 5.75. The molecule has 0 saturated carbocycles. The fourth-order valence-electron chi connectivity index (χ4n) is 0.340. The van der Waals surface area contributed by atoms with E-state index in [9.17, 15) is 0 Å². The van der Waals surface area contributed by atoms with Crippen molar-refractivity contribution in [2.75, 3.05) is 0 Å². The van der Waals surface area contributed by atoms with Crippen LogP contribution in [0.4, 0.5) is 0 Å². The molecule has 4 nitrogen and oxygen atoms in total. The minimum atomic E-state index is 0. The second kappa shape index (κ2) is 49.7. The topological polar surface area (TPSA) is 73.5 Å². The van der Waals surface area contributed by atoms with Crippen molar-refractivity contribution in [2.24, 2.45) is 0 Å². The predicted molar refractivity (Wildman–Crippen MR) is 42.5 cm³/mol. The molecular weight excluding hydrogens is 330 g/mol. The van der Waals surface area contributed by atoms with E-state index in [1.807, 2.05) is 25.7 Å². The number of allylic oxidation sites excluding steroid dienone is 4. The summed E-state index contributed by atoms with van der Waals surface area (Å²) in [4.78, 5) is 23.2. The summed E-state index contributed by atoms with van der Waals surface area (Å²) in [5, 5.41) is 0. The molecule has 1 rings (SSSR count). The van der Waals surface area contributed by atoms with Crippen molar-refractivity contribution >= 4 is 13.6 Å². The molecule has 0 fully saturated rings. The SMILES string of the molecule is C=O.C=O.[C-]1=CC=CC1.[N-]=O.[W+2]. The van der Waals surface area contributed by atoms with Crippen LogP contribution in [0.5, 0.6) is 0 Å². The van der Waals surface area contributed by atoms with Gasteiger partial charge < -0.3 is 20.1 Å². The van der Waals surface area contributed by atoms with Crippen molar-refractivity contribution < 1.29 is 30.7 Å². The molecule has 0 aliphatic heterocycles. The predicted octanol–water partition coefficient (Wildman–Crippen LogP) is 1.26. The first-order chi connectivity index (χ1) is 5.50. The van der Waals surface area contributed by atoms with Gasteiger partial charge in [0.15, 0.2) is 0 Å². The fourth-order valence-corrected chi connectivity index (χ4v) is 0.340.